The number of hydrogen-bond donors (Lipinski definition) is 3. The zero-order valence-corrected chi connectivity index (χ0v) is 21.4. The van der Waals surface area contributed by atoms with Gasteiger partial charge < -0.3 is 20.5 Å². The summed E-state index contributed by atoms with van der Waals surface area (Å²) in [7, 11) is -2.01. The Morgan fingerprint density at radius 3 is 2.25 bits per heavy atom. The van der Waals surface area contributed by atoms with Gasteiger partial charge in [-0.15, -0.1) is 0 Å². The van der Waals surface area contributed by atoms with Crippen LogP contribution in [0.15, 0.2) is 89.8 Å². The maximum Gasteiger partial charge on any atom is 0.224 e. The van der Waals surface area contributed by atoms with Crippen molar-refractivity contribution in [2.24, 2.45) is 5.92 Å². The summed E-state index contributed by atoms with van der Waals surface area (Å²) in [4.78, 5) is 13.2. The highest BCUT2D eigenvalue weighted by Gasteiger charge is 2.27. The van der Waals surface area contributed by atoms with Crippen molar-refractivity contribution in [3.63, 3.8) is 0 Å². The second-order valence-electron chi connectivity index (χ2n) is 8.85. The highest BCUT2D eigenvalue weighted by Crippen LogP contribution is 2.15. The third-order valence-corrected chi connectivity index (χ3v) is 7.86. The molecule has 3 aromatic carbocycles. The summed E-state index contributed by atoms with van der Waals surface area (Å²) in [6.45, 7) is 2.35. The van der Waals surface area contributed by atoms with E-state index in [1.165, 1.54) is 12.1 Å². The summed E-state index contributed by atoms with van der Waals surface area (Å²) in [5, 5.41) is 17.1. The number of rotatable bonds is 13. The Morgan fingerprint density at radius 1 is 0.944 bits per heavy atom. The van der Waals surface area contributed by atoms with Crippen LogP contribution >= 0.6 is 0 Å². The number of ether oxygens (including phenoxy) is 1. The smallest absolute Gasteiger partial charge is 0.224 e. The van der Waals surface area contributed by atoms with Crippen molar-refractivity contribution in [1.29, 1.82) is 0 Å². The Balaban J connectivity index is 1.64. The molecule has 0 radical (unpaired) electrons. The van der Waals surface area contributed by atoms with Crippen molar-refractivity contribution in [1.82, 2.24) is 10.6 Å². The van der Waals surface area contributed by atoms with Gasteiger partial charge in [0.15, 0.2) is 9.84 Å². The van der Waals surface area contributed by atoms with Gasteiger partial charge in [-0.25, -0.2) is 8.42 Å². The molecule has 3 rings (SSSR count). The Hall–Kier alpha value is -3.20. The molecule has 0 unspecified atom stereocenters. The first-order chi connectivity index (χ1) is 17.3. The molecule has 0 bridgehead atoms. The minimum Gasteiger partial charge on any atom is -0.497 e. The first-order valence-electron chi connectivity index (χ1n) is 11.9. The van der Waals surface area contributed by atoms with Gasteiger partial charge in [-0.2, -0.15) is 0 Å². The number of carbonyl (C=O) groups excluding carboxylic acids is 1. The van der Waals surface area contributed by atoms with Crippen LogP contribution in [0.4, 0.5) is 0 Å². The number of amides is 1. The molecule has 36 heavy (non-hydrogen) atoms. The summed E-state index contributed by atoms with van der Waals surface area (Å²) in [6.07, 6.45) is -0.482. The number of aliphatic hydroxyl groups excluding tert-OH is 1. The van der Waals surface area contributed by atoms with Crippen molar-refractivity contribution >= 4 is 15.7 Å². The van der Waals surface area contributed by atoms with Crippen LogP contribution in [-0.2, 0) is 27.6 Å². The average Bonchev–Trinajstić information content (AvgIpc) is 2.89. The molecule has 3 atom stereocenters. The highest BCUT2D eigenvalue weighted by molar-refractivity contribution is 7.91. The zero-order valence-electron chi connectivity index (χ0n) is 20.6. The lowest BCUT2D eigenvalue weighted by atomic mass is 10.00. The van der Waals surface area contributed by atoms with E-state index in [-0.39, 0.29) is 17.2 Å². The molecular weight excluding hydrogens is 476 g/mol. The summed E-state index contributed by atoms with van der Waals surface area (Å²) in [6, 6.07) is 24.7. The fourth-order valence-electron chi connectivity index (χ4n) is 3.89. The van der Waals surface area contributed by atoms with E-state index in [1.54, 1.807) is 32.2 Å². The van der Waals surface area contributed by atoms with Crippen molar-refractivity contribution in [2.45, 2.75) is 36.9 Å². The molecule has 0 saturated heterocycles. The average molecular weight is 511 g/mol. The lowest BCUT2D eigenvalue weighted by Gasteiger charge is -2.26. The van der Waals surface area contributed by atoms with Gasteiger partial charge in [-0.3, -0.25) is 4.79 Å². The first-order valence-corrected chi connectivity index (χ1v) is 13.6. The number of carbonyl (C=O) groups is 1. The topological polar surface area (TPSA) is 105 Å². The molecule has 0 aliphatic heterocycles. The predicted octanol–water partition coefficient (Wildman–Crippen LogP) is 2.98. The number of methoxy groups -OCH3 is 1. The SMILES string of the molecule is COc1cccc(CNC[C@@H](O)[C@H](Cc2ccccc2)NC(=O)[C@H](C)CS(=O)(=O)c2ccccc2)c1. The minimum atomic E-state index is -3.62. The van der Waals surface area contributed by atoms with Gasteiger partial charge in [-0.1, -0.05) is 67.6 Å². The lowest BCUT2D eigenvalue weighted by molar-refractivity contribution is -0.125. The molecule has 0 saturated carbocycles. The van der Waals surface area contributed by atoms with E-state index in [0.717, 1.165) is 16.9 Å². The van der Waals surface area contributed by atoms with Crippen LogP contribution in [0.3, 0.4) is 0 Å². The van der Waals surface area contributed by atoms with Crippen LogP contribution in [0.2, 0.25) is 0 Å². The standard InChI is InChI=1S/C28H34N2O5S/c1-21(20-36(33,34)25-14-7-4-8-15-25)28(32)30-26(17-22-10-5-3-6-11-22)27(31)19-29-18-23-12-9-13-24(16-23)35-2/h3-16,21,26-27,29,31H,17-20H2,1-2H3,(H,30,32)/t21-,26+,27-/m1/s1. The Kier molecular flexibility index (Phi) is 10.0. The lowest BCUT2D eigenvalue weighted by Crippen LogP contribution is -2.50. The van der Waals surface area contributed by atoms with E-state index in [2.05, 4.69) is 10.6 Å². The van der Waals surface area contributed by atoms with Crippen LogP contribution in [0.25, 0.3) is 0 Å². The Morgan fingerprint density at radius 2 is 1.58 bits per heavy atom. The monoisotopic (exact) mass is 510 g/mol. The minimum absolute atomic E-state index is 0.187. The molecule has 3 N–H and O–H groups in total. The quantitative estimate of drug-likeness (QED) is 0.327. The summed E-state index contributed by atoms with van der Waals surface area (Å²) >= 11 is 0. The van der Waals surface area contributed by atoms with Gasteiger partial charge in [-0.05, 0) is 41.8 Å². The van der Waals surface area contributed by atoms with E-state index in [0.29, 0.717) is 13.0 Å². The molecular formula is C28H34N2O5S. The van der Waals surface area contributed by atoms with E-state index < -0.39 is 33.8 Å². The molecule has 0 aromatic heterocycles. The van der Waals surface area contributed by atoms with Crippen molar-refractivity contribution in [3.8, 4) is 5.75 Å². The molecule has 7 nitrogen and oxygen atoms in total. The van der Waals surface area contributed by atoms with Gasteiger partial charge >= 0.3 is 0 Å². The number of sulfone groups is 1. The fourth-order valence-corrected chi connectivity index (χ4v) is 5.47. The molecule has 192 valence electrons. The van der Waals surface area contributed by atoms with Gasteiger partial charge in [0.1, 0.15) is 5.75 Å². The van der Waals surface area contributed by atoms with Crippen LogP contribution in [0, 0.1) is 5.92 Å². The van der Waals surface area contributed by atoms with Crippen molar-refractivity contribution in [3.05, 3.63) is 96.1 Å². The highest BCUT2D eigenvalue weighted by atomic mass is 32.2. The second-order valence-corrected chi connectivity index (χ2v) is 10.9. The van der Waals surface area contributed by atoms with E-state index in [1.807, 2.05) is 54.6 Å². The summed E-state index contributed by atoms with van der Waals surface area (Å²) in [5.74, 6) is -0.762. The first kappa shape index (κ1) is 27.4. The van der Waals surface area contributed by atoms with Gasteiger partial charge in [0.25, 0.3) is 0 Å². The number of aliphatic hydroxyl groups is 1. The zero-order chi connectivity index (χ0) is 26.0. The largest absolute Gasteiger partial charge is 0.497 e. The molecule has 0 spiro atoms. The molecule has 8 heteroatoms. The molecule has 0 aliphatic rings. The predicted molar refractivity (Wildman–Crippen MR) is 140 cm³/mol. The van der Waals surface area contributed by atoms with Crippen LogP contribution in [0.5, 0.6) is 5.75 Å². The fraction of sp³-hybridized carbons (Fsp3) is 0.321. The van der Waals surface area contributed by atoms with E-state index >= 15 is 0 Å². The van der Waals surface area contributed by atoms with Gasteiger partial charge in [0, 0.05) is 19.0 Å². The van der Waals surface area contributed by atoms with Crippen LogP contribution in [-0.4, -0.2) is 51.0 Å². The number of hydrogen-bond acceptors (Lipinski definition) is 6. The van der Waals surface area contributed by atoms with Crippen molar-refractivity contribution < 1.29 is 23.1 Å². The maximum atomic E-state index is 13.0. The number of nitrogens with one attached hydrogen (secondary N) is 2. The van der Waals surface area contributed by atoms with E-state index in [9.17, 15) is 18.3 Å². The molecule has 1 amide bonds. The van der Waals surface area contributed by atoms with Gasteiger partial charge in [0.2, 0.25) is 5.91 Å². The third-order valence-electron chi connectivity index (χ3n) is 5.93. The van der Waals surface area contributed by atoms with Crippen molar-refractivity contribution in [2.75, 3.05) is 19.4 Å². The molecule has 0 aliphatic carbocycles. The maximum absolute atomic E-state index is 13.0. The van der Waals surface area contributed by atoms with Crippen LogP contribution < -0.4 is 15.4 Å². The summed E-state index contributed by atoms with van der Waals surface area (Å²) < 4.78 is 30.7. The number of benzene rings is 3. The third kappa shape index (κ3) is 8.19. The molecule has 3 aromatic rings. The van der Waals surface area contributed by atoms with E-state index in [4.69, 9.17) is 4.74 Å². The molecule has 0 fully saturated rings. The second kappa shape index (κ2) is 13.2. The normalized spacial score (nSPS) is 14.0. The van der Waals surface area contributed by atoms with Crippen LogP contribution in [0.1, 0.15) is 18.1 Å². The Bertz CT molecular complexity index is 1200. The summed E-state index contributed by atoms with van der Waals surface area (Å²) in [5.41, 5.74) is 1.96. The Labute approximate surface area is 213 Å². The van der Waals surface area contributed by atoms with Gasteiger partial charge in [0.05, 0.1) is 29.9 Å². The molecule has 0 heterocycles.